The summed E-state index contributed by atoms with van der Waals surface area (Å²) in [5.41, 5.74) is -0.201. The molecule has 2 aliphatic rings. The average molecular weight is 947 g/mol. The van der Waals surface area contributed by atoms with Gasteiger partial charge in [-0.15, -0.1) is 0 Å². The molecule has 67 heavy (non-hydrogen) atoms. The lowest BCUT2D eigenvalue weighted by atomic mass is 10.0. The van der Waals surface area contributed by atoms with Gasteiger partial charge in [-0.2, -0.15) is 15.2 Å². The summed E-state index contributed by atoms with van der Waals surface area (Å²) in [6.07, 6.45) is 0.340. The van der Waals surface area contributed by atoms with E-state index in [4.69, 9.17) is 33.3 Å². The number of benzene rings is 2. The molecular weight excluding hydrogens is 884 g/mol. The number of carbonyl (C=O) groups is 2. The number of nitriles is 1. The Labute approximate surface area is 392 Å². The summed E-state index contributed by atoms with van der Waals surface area (Å²) in [5.74, 6) is -0.579. The van der Waals surface area contributed by atoms with E-state index < -0.39 is 44.6 Å². The second-order valence-corrected chi connectivity index (χ2v) is 17.8. The van der Waals surface area contributed by atoms with Gasteiger partial charge in [-0.05, 0) is 77.9 Å². The van der Waals surface area contributed by atoms with Crippen LogP contribution in [0.4, 0.5) is 11.6 Å². The third kappa shape index (κ3) is 13.9. The average Bonchev–Trinajstić information content (AvgIpc) is 3.79. The quantitative estimate of drug-likeness (QED) is 0.0666. The first-order chi connectivity index (χ1) is 32.2. The van der Waals surface area contributed by atoms with Crippen molar-refractivity contribution in [3.8, 4) is 6.07 Å². The summed E-state index contributed by atoms with van der Waals surface area (Å²) < 4.78 is 41.1. The number of rotatable bonds is 20. The Morgan fingerprint density at radius 3 is 1.61 bits per heavy atom. The first kappa shape index (κ1) is 52.7. The Kier molecular flexibility index (Phi) is 20.3. The summed E-state index contributed by atoms with van der Waals surface area (Å²) in [6.45, 7) is 17.2. The second-order valence-electron chi connectivity index (χ2n) is 16.4. The summed E-state index contributed by atoms with van der Waals surface area (Å²) in [7, 11) is -1.44. The molecule has 2 aromatic carbocycles. The number of nitrogens with one attached hydrogen (secondary N) is 2. The molecule has 2 aliphatic heterocycles. The lowest BCUT2D eigenvalue weighted by Gasteiger charge is -2.36. The van der Waals surface area contributed by atoms with Crippen molar-refractivity contribution in [2.24, 2.45) is 11.8 Å². The summed E-state index contributed by atoms with van der Waals surface area (Å²) >= 11 is 0. The molecular formula is C47H63N8O11P. The zero-order valence-corrected chi connectivity index (χ0v) is 40.2. The van der Waals surface area contributed by atoms with Crippen LogP contribution in [0.2, 0.25) is 0 Å². The minimum Gasteiger partial charge on any atom is -0.394 e. The predicted molar refractivity (Wildman–Crippen MR) is 251 cm³/mol. The molecule has 4 heterocycles. The number of carbonyl (C=O) groups excluding carboxylic acids is 2. The summed E-state index contributed by atoms with van der Waals surface area (Å²) in [4.78, 5) is 58.2. The van der Waals surface area contributed by atoms with E-state index in [0.717, 1.165) is 0 Å². The van der Waals surface area contributed by atoms with E-state index in [1.165, 1.54) is 21.4 Å². The van der Waals surface area contributed by atoms with Crippen molar-refractivity contribution >= 4 is 32.0 Å². The maximum Gasteiger partial charge on any atom is 0.351 e. The summed E-state index contributed by atoms with van der Waals surface area (Å²) in [6, 6.07) is 22.9. The number of hydrogen-bond acceptors (Lipinski definition) is 15. The number of amides is 2. The topological polar surface area (TPSA) is 231 Å². The Morgan fingerprint density at radius 2 is 1.21 bits per heavy atom. The standard InChI is InChI=1S/C28H40N5O6P.C19H23N3O5/c1-7-36-25-21(6)23(18-38-40(37-17-11-15-29)33(19(2)3)20(4)5)39-27(25)32-16-14-24(31-28(32)35)30-26(34)22-12-9-8-10-13-22;1-3-26-16-12(2)14(11-23)27-18(16)22-10-9-15(21-19(22)25)20-17(24)13-7-5-4-6-8-13/h8-10,12-14,16,19-21,23,25,27H,7,11,17-18H2,1-6H3,(H,30,31,34,35);4-10,12,14,16,18,23H,3,11H2,1-2H3,(H,20,21,24,25)/t21-,23-,25-,27-,40?;12-,14-,16-,18-/m11/s1. The largest absolute Gasteiger partial charge is 0.394 e. The zero-order valence-electron chi connectivity index (χ0n) is 39.3. The maximum atomic E-state index is 13.0. The van der Waals surface area contributed by atoms with Crippen molar-refractivity contribution in [3.05, 3.63) is 117 Å². The van der Waals surface area contributed by atoms with E-state index in [1.54, 1.807) is 60.8 Å². The Balaban J connectivity index is 0.000000270. The van der Waals surface area contributed by atoms with Gasteiger partial charge in [0.05, 0.1) is 44.5 Å². The van der Waals surface area contributed by atoms with Crippen LogP contribution >= 0.6 is 8.53 Å². The molecule has 0 bridgehead atoms. The highest BCUT2D eigenvalue weighted by Gasteiger charge is 2.46. The summed E-state index contributed by atoms with van der Waals surface area (Å²) in [5, 5.41) is 23.7. The predicted octanol–water partition coefficient (Wildman–Crippen LogP) is 6.15. The van der Waals surface area contributed by atoms with Crippen LogP contribution in [0.15, 0.2) is 94.8 Å². The van der Waals surface area contributed by atoms with Crippen LogP contribution in [0.3, 0.4) is 0 Å². The molecule has 2 fully saturated rings. The Morgan fingerprint density at radius 1 is 0.761 bits per heavy atom. The molecule has 2 amide bonds. The Bertz CT molecular complexity index is 2340. The SMILES string of the molecule is CCO[C@@H]1[C@H](C)[C@@H](CO)O[C@H]1n1ccc(NC(=O)c2ccccc2)nc1=O.CCO[C@@H]1[C@H](C)[C@@H](COP(OCCC#N)N(C(C)C)C(C)C)O[C@H]1n1ccc(NC(=O)c2ccccc2)nc1=O. The van der Waals surface area contributed by atoms with Gasteiger partial charge in [0.2, 0.25) is 0 Å². The highest BCUT2D eigenvalue weighted by Crippen LogP contribution is 2.47. The van der Waals surface area contributed by atoms with E-state index in [2.05, 4.69) is 59.0 Å². The van der Waals surface area contributed by atoms with Gasteiger partial charge in [-0.25, -0.2) is 14.3 Å². The molecule has 0 radical (unpaired) electrons. The molecule has 0 spiro atoms. The molecule has 19 nitrogen and oxygen atoms in total. The molecule has 4 aromatic rings. The smallest absolute Gasteiger partial charge is 0.351 e. The van der Waals surface area contributed by atoms with E-state index >= 15 is 0 Å². The van der Waals surface area contributed by atoms with Crippen molar-refractivity contribution in [3.63, 3.8) is 0 Å². The number of aliphatic hydroxyl groups is 1. The molecule has 20 heteroatoms. The molecule has 2 saturated heterocycles. The first-order valence-electron chi connectivity index (χ1n) is 22.5. The van der Waals surface area contributed by atoms with E-state index in [1.807, 2.05) is 39.8 Å². The van der Waals surface area contributed by atoms with Gasteiger partial charge >= 0.3 is 11.4 Å². The van der Waals surface area contributed by atoms with Gasteiger partial charge in [-0.1, -0.05) is 50.2 Å². The van der Waals surface area contributed by atoms with Crippen LogP contribution in [-0.2, 0) is 28.0 Å². The minimum atomic E-state index is -1.44. The van der Waals surface area contributed by atoms with Crippen LogP contribution in [0.25, 0.3) is 0 Å². The number of hydrogen-bond donors (Lipinski definition) is 3. The van der Waals surface area contributed by atoms with E-state index in [-0.39, 0.29) is 85.8 Å². The van der Waals surface area contributed by atoms with Crippen LogP contribution in [0, 0.1) is 23.2 Å². The number of aromatic nitrogens is 4. The number of aliphatic hydroxyl groups excluding tert-OH is 1. The van der Waals surface area contributed by atoms with Crippen molar-refractivity contribution in [1.29, 1.82) is 5.26 Å². The fourth-order valence-electron chi connectivity index (χ4n) is 7.76. The van der Waals surface area contributed by atoms with Gasteiger partial charge in [0.1, 0.15) is 23.8 Å². The zero-order chi connectivity index (χ0) is 48.6. The van der Waals surface area contributed by atoms with Crippen molar-refractivity contribution in [1.82, 2.24) is 23.8 Å². The highest BCUT2D eigenvalue weighted by molar-refractivity contribution is 7.44. The van der Waals surface area contributed by atoms with Crippen LogP contribution in [0.1, 0.15) is 95.0 Å². The van der Waals surface area contributed by atoms with Crippen LogP contribution in [-0.4, -0.2) is 110 Å². The van der Waals surface area contributed by atoms with Gasteiger partial charge in [0.15, 0.2) is 12.5 Å². The van der Waals surface area contributed by atoms with Crippen LogP contribution < -0.4 is 22.0 Å². The van der Waals surface area contributed by atoms with Gasteiger partial charge in [0, 0.05) is 60.7 Å². The molecule has 3 N–H and O–H groups in total. The third-order valence-corrected chi connectivity index (χ3v) is 13.1. The van der Waals surface area contributed by atoms with Crippen LogP contribution in [0.5, 0.6) is 0 Å². The monoisotopic (exact) mass is 946 g/mol. The maximum absolute atomic E-state index is 13.0. The minimum absolute atomic E-state index is 0.0793. The molecule has 1 unspecified atom stereocenters. The lowest BCUT2D eigenvalue weighted by Crippen LogP contribution is -2.35. The molecule has 362 valence electrons. The molecule has 0 aliphatic carbocycles. The first-order valence-corrected chi connectivity index (χ1v) is 23.6. The second kappa shape index (κ2) is 25.8. The molecule has 2 aromatic heterocycles. The molecule has 0 saturated carbocycles. The third-order valence-electron chi connectivity index (χ3n) is 11.1. The fourth-order valence-corrected chi connectivity index (χ4v) is 9.38. The Hall–Kier alpha value is -5.26. The number of ether oxygens (including phenoxy) is 4. The number of nitrogens with zero attached hydrogens (tertiary/aromatic N) is 6. The van der Waals surface area contributed by atoms with Crippen molar-refractivity contribution in [2.75, 3.05) is 43.7 Å². The van der Waals surface area contributed by atoms with Gasteiger partial charge in [0.25, 0.3) is 20.3 Å². The van der Waals surface area contributed by atoms with E-state index in [0.29, 0.717) is 24.3 Å². The van der Waals surface area contributed by atoms with Crippen molar-refractivity contribution in [2.45, 2.75) is 111 Å². The van der Waals surface area contributed by atoms with Gasteiger partial charge < -0.3 is 43.7 Å². The highest BCUT2D eigenvalue weighted by atomic mass is 31.2. The van der Waals surface area contributed by atoms with E-state index in [9.17, 15) is 24.3 Å². The normalized spacial score (nSPS) is 22.9. The number of anilines is 2. The fraction of sp³-hybridized carbons (Fsp3) is 0.511. The van der Waals surface area contributed by atoms with Gasteiger partial charge in [-0.3, -0.25) is 18.7 Å². The molecule has 9 atom stereocenters. The lowest BCUT2D eigenvalue weighted by molar-refractivity contribution is -0.0707. The molecule has 6 rings (SSSR count). The van der Waals surface area contributed by atoms with Crippen molar-refractivity contribution < 1.29 is 42.7 Å².